The number of rotatable bonds is 11. The van der Waals surface area contributed by atoms with Gasteiger partial charge in [0.15, 0.2) is 30.4 Å². The molecule has 0 spiro atoms. The monoisotopic (exact) mass is 974 g/mol. The summed E-state index contributed by atoms with van der Waals surface area (Å²) in [5.74, 6) is -2.00. The smallest absolute Gasteiger partial charge is 0.410 e. The third-order valence-corrected chi connectivity index (χ3v) is 15.5. The van der Waals surface area contributed by atoms with Gasteiger partial charge in [0.25, 0.3) is 0 Å². The number of piperidine rings is 1. The van der Waals surface area contributed by atoms with Gasteiger partial charge in [-0.15, -0.1) is 0 Å². The maximum Gasteiger partial charge on any atom is 0.410 e. The number of nitrogens with one attached hydrogen (secondary N) is 1. The fraction of sp³-hybridized carbons (Fsp3) is 0.481. The van der Waals surface area contributed by atoms with Gasteiger partial charge in [-0.3, -0.25) is 24.8 Å². The number of phenols is 2. The molecular weight excluding hydrogens is 913 g/mol. The zero-order chi connectivity index (χ0) is 50.1. The number of likely N-dealkylation sites (N-methyl/N-ethyl adjacent to an activating group) is 1. The number of hydrogen-bond donors (Lipinski definition) is 4. The van der Waals surface area contributed by atoms with E-state index in [1.54, 1.807) is 31.2 Å². The van der Waals surface area contributed by atoms with Crippen molar-refractivity contribution in [1.29, 1.82) is 5.41 Å². The van der Waals surface area contributed by atoms with Crippen LogP contribution in [0.4, 0.5) is 4.79 Å². The highest BCUT2D eigenvalue weighted by Crippen LogP contribution is 2.53. The summed E-state index contributed by atoms with van der Waals surface area (Å²) in [6.07, 6.45) is -3.90. The fourth-order valence-electron chi connectivity index (χ4n) is 11.6. The molecule has 1 amide bonds. The number of Topliss-reactive ketones (excluding diaryl/α,β-unsaturated/α-hetero) is 1. The van der Waals surface area contributed by atoms with E-state index >= 15 is 0 Å². The molecule has 376 valence electrons. The van der Waals surface area contributed by atoms with E-state index in [1.165, 1.54) is 13.2 Å². The van der Waals surface area contributed by atoms with Gasteiger partial charge in [-0.25, -0.2) is 4.79 Å². The summed E-state index contributed by atoms with van der Waals surface area (Å²) in [5.41, 5.74) is -0.496. The minimum Gasteiger partial charge on any atom is -0.507 e. The first-order chi connectivity index (χ1) is 34.0. The van der Waals surface area contributed by atoms with Gasteiger partial charge >= 0.3 is 6.09 Å². The number of amides is 1. The second-order valence-corrected chi connectivity index (χ2v) is 20.1. The molecule has 0 radical (unpaired) electrons. The maximum atomic E-state index is 14.7. The number of ketones is 2. The van der Waals surface area contributed by atoms with E-state index in [4.69, 9.17) is 33.2 Å². The van der Waals surface area contributed by atoms with E-state index in [-0.39, 0.29) is 76.0 Å². The number of carbonyl (C=O) groups excluding carboxylic acids is 3. The van der Waals surface area contributed by atoms with Crippen molar-refractivity contribution in [2.45, 2.75) is 113 Å². The van der Waals surface area contributed by atoms with Crippen LogP contribution in [0.25, 0.3) is 11.1 Å². The molecule has 4 N–H and O–H groups in total. The molecule has 17 heteroatoms. The molecule has 0 saturated carbocycles. The van der Waals surface area contributed by atoms with Crippen molar-refractivity contribution in [1.82, 2.24) is 14.7 Å². The predicted molar refractivity (Wildman–Crippen MR) is 258 cm³/mol. The molecule has 4 aromatic carbocycles. The molecular formula is C54H62N4O13. The van der Waals surface area contributed by atoms with Crippen LogP contribution in [0.15, 0.2) is 72.8 Å². The standard InChI is InChI=1S/C54H62N4O13/c1-29-49-36(58-23-24-67-51(66-6)50(58)70-49)25-40(68-29)69-38-27-54(64,26-35-42(38)48(62)43-44(47(35)61)46(60)34-13-10-14-37(65-5)41(34)45(43)55)39(59)28-56(4)33-19-21-57(22-20-33)52(63)71-53(2,3)32-17-15-31(16-18-32)30-11-8-7-9-12-30/h7-18,29,33,36,38,40,49-51,55,61-62,64H,19-28H2,1-6H3/t29-,36-,38-,40-,49+,50+,51-,54-/m0/s1. The lowest BCUT2D eigenvalue weighted by Gasteiger charge is -2.44. The van der Waals surface area contributed by atoms with Crippen LogP contribution in [-0.2, 0) is 45.2 Å². The van der Waals surface area contributed by atoms with E-state index in [2.05, 4.69) is 4.90 Å². The Bertz CT molecular complexity index is 2730. The van der Waals surface area contributed by atoms with Crippen LogP contribution in [0.3, 0.4) is 0 Å². The number of aromatic hydroxyl groups is 2. The van der Waals surface area contributed by atoms with Gasteiger partial charge in [0.1, 0.15) is 34.6 Å². The van der Waals surface area contributed by atoms with Crippen molar-refractivity contribution >= 4 is 23.4 Å². The number of aliphatic hydroxyl groups is 1. The Morgan fingerprint density at radius 2 is 1.63 bits per heavy atom. The average molecular weight is 975 g/mol. The Balaban J connectivity index is 0.871. The van der Waals surface area contributed by atoms with Gasteiger partial charge in [0, 0.05) is 74.8 Å². The number of hydrogen-bond acceptors (Lipinski definition) is 16. The Labute approximate surface area is 412 Å². The van der Waals surface area contributed by atoms with Gasteiger partial charge in [-0.2, -0.15) is 0 Å². The van der Waals surface area contributed by atoms with Crippen LogP contribution in [0.2, 0.25) is 0 Å². The number of phenolic OH excluding ortho intramolecular Hbond substituents is 2. The van der Waals surface area contributed by atoms with Crippen molar-refractivity contribution < 1.29 is 62.9 Å². The molecule has 17 nitrogen and oxygen atoms in total. The van der Waals surface area contributed by atoms with E-state index in [0.717, 1.165) is 16.7 Å². The van der Waals surface area contributed by atoms with Gasteiger partial charge in [0.2, 0.25) is 0 Å². The molecule has 71 heavy (non-hydrogen) atoms. The molecule has 6 aliphatic rings. The van der Waals surface area contributed by atoms with Crippen LogP contribution >= 0.6 is 0 Å². The first kappa shape index (κ1) is 48.8. The molecule has 8 atom stereocenters. The number of nitrogens with zero attached hydrogens (tertiary/aromatic N) is 3. The number of morpholine rings is 1. The van der Waals surface area contributed by atoms with E-state index < -0.39 is 77.8 Å². The van der Waals surface area contributed by atoms with E-state index in [9.17, 15) is 35.1 Å². The summed E-state index contributed by atoms with van der Waals surface area (Å²) >= 11 is 0. The third-order valence-electron chi connectivity index (χ3n) is 15.5. The fourth-order valence-corrected chi connectivity index (χ4v) is 11.6. The minimum atomic E-state index is -2.15. The van der Waals surface area contributed by atoms with Crippen LogP contribution in [0, 0.1) is 5.41 Å². The number of ether oxygens (including phenoxy) is 7. The Kier molecular flexibility index (Phi) is 13.1. The SMILES string of the molecule is COc1cccc2c1C(=N)c1c(O)c3c(c(O)c1C2=O)C[C@@](O)(C(=O)CN(C)C1CCN(C(=O)OC(C)(C)c2ccc(-c4ccccc4)cc2)CC1)C[C@@H]3O[C@H]1C[C@H]2[C@H](O[C@@H]3[C@@H](OC)OCCN32)[C@H](C)O1. The number of carbonyl (C=O) groups is 3. The van der Waals surface area contributed by atoms with Crippen molar-refractivity contribution in [3.63, 3.8) is 0 Å². The third kappa shape index (κ3) is 8.69. The molecule has 0 unspecified atom stereocenters. The number of fused-ring (bicyclic) bond motifs is 6. The zero-order valence-corrected chi connectivity index (χ0v) is 40.9. The lowest BCUT2D eigenvalue weighted by atomic mass is 9.71. The van der Waals surface area contributed by atoms with Crippen molar-refractivity contribution in [2.24, 2.45) is 0 Å². The maximum absolute atomic E-state index is 14.7. The molecule has 2 aliphatic carbocycles. The largest absolute Gasteiger partial charge is 0.507 e. The van der Waals surface area contributed by atoms with Gasteiger partial charge in [-0.05, 0) is 63.4 Å². The highest BCUT2D eigenvalue weighted by Gasteiger charge is 2.55. The first-order valence-corrected chi connectivity index (χ1v) is 24.4. The van der Waals surface area contributed by atoms with E-state index in [0.29, 0.717) is 45.5 Å². The summed E-state index contributed by atoms with van der Waals surface area (Å²) in [7, 11) is 4.78. The number of benzene rings is 4. The predicted octanol–water partition coefficient (Wildman–Crippen LogP) is 6.04. The number of likely N-dealkylation sites (tertiary alicyclic amines) is 1. The molecule has 4 saturated heterocycles. The van der Waals surface area contributed by atoms with Crippen LogP contribution in [0.5, 0.6) is 17.2 Å². The molecule has 0 bridgehead atoms. The van der Waals surface area contributed by atoms with Crippen molar-refractivity contribution in [2.75, 3.05) is 54.1 Å². The van der Waals surface area contributed by atoms with Crippen LogP contribution in [0.1, 0.15) is 96.3 Å². The van der Waals surface area contributed by atoms with Gasteiger partial charge in [0.05, 0.1) is 54.9 Å². The quantitative estimate of drug-likeness (QED) is 0.111. The summed E-state index contributed by atoms with van der Waals surface area (Å²) in [5, 5.41) is 46.5. The molecule has 4 aromatic rings. The lowest BCUT2D eigenvalue weighted by Crippen LogP contribution is -2.55. The molecule has 4 heterocycles. The van der Waals surface area contributed by atoms with Crippen LogP contribution < -0.4 is 4.74 Å². The molecule has 0 aromatic heterocycles. The van der Waals surface area contributed by atoms with Gasteiger partial charge < -0.3 is 53.4 Å². The summed E-state index contributed by atoms with van der Waals surface area (Å²) < 4.78 is 42.6. The van der Waals surface area contributed by atoms with Crippen LogP contribution in [-0.4, -0.2) is 156 Å². The van der Waals surface area contributed by atoms with Gasteiger partial charge in [-0.1, -0.05) is 66.7 Å². The topological polar surface area (TPSA) is 210 Å². The Morgan fingerprint density at radius 1 is 0.915 bits per heavy atom. The summed E-state index contributed by atoms with van der Waals surface area (Å²) in [6, 6.07) is 22.5. The van der Waals surface area contributed by atoms with Crippen molar-refractivity contribution in [3.05, 3.63) is 112 Å². The van der Waals surface area contributed by atoms with Crippen molar-refractivity contribution in [3.8, 4) is 28.4 Å². The first-order valence-electron chi connectivity index (χ1n) is 24.4. The second kappa shape index (κ2) is 19.0. The zero-order valence-electron chi connectivity index (χ0n) is 40.9. The Hall–Kier alpha value is -5.76. The molecule has 10 rings (SSSR count). The summed E-state index contributed by atoms with van der Waals surface area (Å²) in [6.45, 7) is 7.20. The highest BCUT2D eigenvalue weighted by atomic mass is 16.7. The molecule has 4 aliphatic heterocycles. The highest BCUT2D eigenvalue weighted by molar-refractivity contribution is 6.32. The molecule has 4 fully saturated rings. The second-order valence-electron chi connectivity index (χ2n) is 20.1. The lowest BCUT2D eigenvalue weighted by molar-refractivity contribution is -0.256. The normalized spacial score (nSPS) is 27.6. The number of methoxy groups -OCH3 is 2. The average Bonchev–Trinajstić information content (AvgIpc) is 3.76. The summed E-state index contributed by atoms with van der Waals surface area (Å²) in [4.78, 5) is 48.2. The van der Waals surface area contributed by atoms with E-state index in [1.807, 2.05) is 80.3 Å². The minimum absolute atomic E-state index is 0.0347. The Morgan fingerprint density at radius 3 is 2.34 bits per heavy atom.